The first-order valence-corrected chi connectivity index (χ1v) is 6.32. The molecule has 88 valence electrons. The lowest BCUT2D eigenvalue weighted by molar-refractivity contribution is 0.530. The normalized spacial score (nSPS) is 36.5. The zero-order chi connectivity index (χ0) is 12.1. The van der Waals surface area contributed by atoms with Crippen molar-refractivity contribution in [1.29, 1.82) is 0 Å². The van der Waals surface area contributed by atoms with Crippen molar-refractivity contribution in [1.82, 2.24) is 5.32 Å². The van der Waals surface area contributed by atoms with E-state index in [9.17, 15) is 0 Å². The molecular weight excluding hydrogens is 206 g/mol. The van der Waals surface area contributed by atoms with Crippen molar-refractivity contribution in [2.45, 2.75) is 38.1 Å². The summed E-state index contributed by atoms with van der Waals surface area (Å²) in [4.78, 5) is 0. The zero-order valence-corrected chi connectivity index (χ0v) is 10.7. The Hall–Kier alpha value is -1.50. The van der Waals surface area contributed by atoms with Crippen LogP contribution in [-0.2, 0) is 5.41 Å². The van der Waals surface area contributed by atoms with Gasteiger partial charge in [-0.15, -0.1) is 0 Å². The van der Waals surface area contributed by atoms with E-state index in [1.807, 2.05) is 0 Å². The van der Waals surface area contributed by atoms with Gasteiger partial charge in [0.1, 0.15) is 0 Å². The van der Waals surface area contributed by atoms with E-state index >= 15 is 0 Å². The van der Waals surface area contributed by atoms with Gasteiger partial charge in [-0.25, -0.2) is 0 Å². The van der Waals surface area contributed by atoms with E-state index in [1.54, 1.807) is 0 Å². The van der Waals surface area contributed by atoms with Crippen LogP contribution in [0.4, 0.5) is 0 Å². The summed E-state index contributed by atoms with van der Waals surface area (Å²) < 4.78 is 0. The second-order valence-electron chi connectivity index (χ2n) is 5.62. The highest BCUT2D eigenvalue weighted by molar-refractivity contribution is 5.75. The van der Waals surface area contributed by atoms with Crippen LogP contribution in [0.3, 0.4) is 0 Å². The summed E-state index contributed by atoms with van der Waals surface area (Å²) in [6.07, 6.45) is 7.58. The smallest absolute Gasteiger partial charge is 0.0450 e. The molecule has 1 saturated carbocycles. The fourth-order valence-electron chi connectivity index (χ4n) is 3.13. The molecule has 1 fully saturated rings. The van der Waals surface area contributed by atoms with Crippen LogP contribution in [0.5, 0.6) is 0 Å². The lowest BCUT2D eigenvalue weighted by atomic mass is 9.84. The Balaban J connectivity index is 2.16. The van der Waals surface area contributed by atoms with Gasteiger partial charge < -0.3 is 5.32 Å². The highest BCUT2D eigenvalue weighted by Gasteiger charge is 2.64. The van der Waals surface area contributed by atoms with Gasteiger partial charge in [0.15, 0.2) is 0 Å². The molecular formula is C16H19N. The van der Waals surface area contributed by atoms with E-state index in [0.29, 0.717) is 5.41 Å². The number of hydrogen-bond donors (Lipinski definition) is 1. The second-order valence-corrected chi connectivity index (χ2v) is 5.62. The molecule has 1 aromatic rings. The molecule has 0 bridgehead atoms. The molecule has 17 heavy (non-hydrogen) atoms. The predicted octanol–water partition coefficient (Wildman–Crippen LogP) is 3.63. The minimum absolute atomic E-state index is 0.245. The van der Waals surface area contributed by atoms with Crippen LogP contribution in [0.15, 0.2) is 42.5 Å². The second kappa shape index (κ2) is 3.25. The van der Waals surface area contributed by atoms with Crippen molar-refractivity contribution in [3.05, 3.63) is 53.6 Å². The van der Waals surface area contributed by atoms with E-state index in [2.05, 4.69) is 68.6 Å². The fourth-order valence-corrected chi connectivity index (χ4v) is 3.13. The van der Waals surface area contributed by atoms with Crippen molar-refractivity contribution < 1.29 is 0 Å². The molecule has 1 nitrogen and oxygen atoms in total. The molecule has 1 aliphatic heterocycles. The largest absolute Gasteiger partial charge is 0.378 e. The summed E-state index contributed by atoms with van der Waals surface area (Å²) in [7, 11) is 0. The monoisotopic (exact) mass is 225 g/mol. The minimum Gasteiger partial charge on any atom is -0.378 e. The SMILES string of the molecule is C/C=C\C=C1/N[C@@]2(C)CC2(C)c2ccccc21. The average molecular weight is 225 g/mol. The third kappa shape index (κ3) is 1.32. The summed E-state index contributed by atoms with van der Waals surface area (Å²) in [5.74, 6) is 0. The van der Waals surface area contributed by atoms with Crippen molar-refractivity contribution in [2.24, 2.45) is 0 Å². The van der Waals surface area contributed by atoms with Crippen LogP contribution >= 0.6 is 0 Å². The van der Waals surface area contributed by atoms with Gasteiger partial charge >= 0.3 is 0 Å². The number of nitrogens with one attached hydrogen (secondary N) is 1. The van der Waals surface area contributed by atoms with E-state index < -0.39 is 0 Å². The lowest BCUT2D eigenvalue weighted by Gasteiger charge is -2.31. The van der Waals surface area contributed by atoms with Gasteiger partial charge in [0.2, 0.25) is 0 Å². The molecule has 3 rings (SSSR count). The number of fused-ring (bicyclic) bond motifs is 3. The summed E-state index contributed by atoms with van der Waals surface area (Å²) in [5.41, 5.74) is 4.68. The molecule has 0 radical (unpaired) electrons. The van der Waals surface area contributed by atoms with Crippen molar-refractivity contribution in [3.63, 3.8) is 0 Å². The average Bonchev–Trinajstić information content (AvgIpc) is 2.90. The van der Waals surface area contributed by atoms with E-state index in [-0.39, 0.29) is 5.54 Å². The highest BCUT2D eigenvalue weighted by Crippen LogP contribution is 2.61. The molecule has 1 N–H and O–H groups in total. The number of rotatable bonds is 1. The molecule has 0 amide bonds. The Bertz CT molecular complexity index is 526. The first kappa shape index (κ1) is 10.6. The Morgan fingerprint density at radius 1 is 1.24 bits per heavy atom. The van der Waals surface area contributed by atoms with Crippen molar-refractivity contribution >= 4 is 5.70 Å². The van der Waals surface area contributed by atoms with Gasteiger partial charge in [-0.05, 0) is 31.9 Å². The Kier molecular flexibility index (Phi) is 2.04. The van der Waals surface area contributed by atoms with E-state index in [0.717, 1.165) is 0 Å². The summed E-state index contributed by atoms with van der Waals surface area (Å²) in [6.45, 7) is 6.74. The van der Waals surface area contributed by atoms with Gasteiger partial charge in [0.25, 0.3) is 0 Å². The summed E-state index contributed by atoms with van der Waals surface area (Å²) in [6, 6.07) is 8.78. The van der Waals surface area contributed by atoms with Crippen LogP contribution in [0, 0.1) is 0 Å². The fraction of sp³-hybridized carbons (Fsp3) is 0.375. The van der Waals surface area contributed by atoms with Crippen LogP contribution in [0.1, 0.15) is 38.3 Å². The molecule has 0 aromatic heterocycles. The molecule has 1 aliphatic carbocycles. The number of hydrogen-bond acceptors (Lipinski definition) is 1. The quantitative estimate of drug-likeness (QED) is 0.769. The predicted molar refractivity (Wildman–Crippen MR) is 72.7 cm³/mol. The van der Waals surface area contributed by atoms with Gasteiger partial charge in [-0.2, -0.15) is 0 Å². The van der Waals surface area contributed by atoms with Crippen molar-refractivity contribution in [3.8, 4) is 0 Å². The molecule has 2 atom stereocenters. The Labute approximate surface area is 103 Å². The molecule has 1 aromatic carbocycles. The Morgan fingerprint density at radius 2 is 2.00 bits per heavy atom. The summed E-state index contributed by atoms with van der Waals surface area (Å²) >= 11 is 0. The minimum atomic E-state index is 0.245. The molecule has 1 heteroatoms. The molecule has 1 unspecified atom stereocenters. The van der Waals surface area contributed by atoms with Crippen molar-refractivity contribution in [2.75, 3.05) is 0 Å². The van der Waals surface area contributed by atoms with Gasteiger partial charge in [-0.3, -0.25) is 0 Å². The van der Waals surface area contributed by atoms with Gasteiger partial charge in [-0.1, -0.05) is 43.3 Å². The third-order valence-electron chi connectivity index (χ3n) is 4.48. The van der Waals surface area contributed by atoms with E-state index in [1.165, 1.54) is 23.2 Å². The maximum atomic E-state index is 3.71. The standard InChI is InChI=1S/C16H19N/c1-4-5-10-14-12-8-6-7-9-13(12)15(2)11-16(15,3)17-14/h4-10,17H,11H2,1-3H3/b5-4-,14-10-/t15?,16-/m0/s1. The topological polar surface area (TPSA) is 12.0 Å². The van der Waals surface area contributed by atoms with Gasteiger partial charge in [0.05, 0.1) is 0 Å². The molecule has 2 aliphatic rings. The maximum Gasteiger partial charge on any atom is 0.0450 e. The number of benzene rings is 1. The van der Waals surface area contributed by atoms with E-state index in [4.69, 9.17) is 0 Å². The highest BCUT2D eigenvalue weighted by atomic mass is 15.1. The Morgan fingerprint density at radius 3 is 2.76 bits per heavy atom. The first-order chi connectivity index (χ1) is 8.11. The molecule has 0 saturated heterocycles. The summed E-state index contributed by atoms with van der Waals surface area (Å²) in [5, 5.41) is 3.71. The van der Waals surface area contributed by atoms with Gasteiger partial charge in [0, 0.05) is 22.2 Å². The maximum absolute atomic E-state index is 3.71. The van der Waals surface area contributed by atoms with Crippen LogP contribution in [0.25, 0.3) is 5.70 Å². The zero-order valence-electron chi connectivity index (χ0n) is 10.7. The van der Waals surface area contributed by atoms with Crippen LogP contribution in [0.2, 0.25) is 0 Å². The lowest BCUT2D eigenvalue weighted by Crippen LogP contribution is -2.38. The molecule has 1 heterocycles. The van der Waals surface area contributed by atoms with Crippen LogP contribution in [-0.4, -0.2) is 5.54 Å². The number of allylic oxidation sites excluding steroid dienone is 3. The third-order valence-corrected chi connectivity index (χ3v) is 4.48. The first-order valence-electron chi connectivity index (χ1n) is 6.32. The van der Waals surface area contributed by atoms with Crippen LogP contribution < -0.4 is 5.32 Å². The molecule has 0 spiro atoms.